The van der Waals surface area contributed by atoms with Crippen LogP contribution in [0.3, 0.4) is 0 Å². The molecule has 0 bridgehead atoms. The van der Waals surface area contributed by atoms with Gasteiger partial charge in [0.15, 0.2) is 0 Å². The second-order valence-corrected chi connectivity index (χ2v) is 11.2. The molecule has 1 aromatic rings. The van der Waals surface area contributed by atoms with Crippen LogP contribution in [-0.2, 0) is 11.2 Å². The second kappa shape index (κ2) is 12.2. The summed E-state index contributed by atoms with van der Waals surface area (Å²) in [6.45, 7) is 7.57. The highest BCUT2D eigenvalue weighted by atomic mass is 19.1. The molecule has 4 unspecified atom stereocenters. The molecule has 186 valence electrons. The minimum Gasteiger partial charge on any atom is -0.426 e. The molecule has 3 aliphatic carbocycles. The topological polar surface area (TPSA) is 26.3 Å². The molecular weight excluding hydrogens is 423 g/mol. The summed E-state index contributed by atoms with van der Waals surface area (Å²) in [6.07, 6.45) is 20.2. The van der Waals surface area contributed by atoms with E-state index in [1.165, 1.54) is 57.4 Å². The highest BCUT2D eigenvalue weighted by Gasteiger charge is 2.43. The number of ether oxygens (including phenoxy) is 1. The van der Waals surface area contributed by atoms with Crippen LogP contribution in [0.1, 0.15) is 89.0 Å². The molecule has 0 aromatic heterocycles. The van der Waals surface area contributed by atoms with Crippen LogP contribution in [0.25, 0.3) is 0 Å². The van der Waals surface area contributed by atoms with E-state index in [2.05, 4.69) is 19.2 Å². The van der Waals surface area contributed by atoms with Crippen molar-refractivity contribution in [3.8, 4) is 5.75 Å². The largest absolute Gasteiger partial charge is 0.426 e. The van der Waals surface area contributed by atoms with Gasteiger partial charge in [-0.3, -0.25) is 4.79 Å². The van der Waals surface area contributed by atoms with Gasteiger partial charge in [-0.05, 0) is 105 Å². The van der Waals surface area contributed by atoms with Crippen molar-refractivity contribution >= 4 is 5.97 Å². The van der Waals surface area contributed by atoms with Gasteiger partial charge in [0.05, 0.1) is 5.92 Å². The number of fused-ring (bicyclic) bond motifs is 1. The number of hydrogen-bond acceptors (Lipinski definition) is 2. The molecule has 0 heterocycles. The van der Waals surface area contributed by atoms with E-state index in [0.717, 1.165) is 49.9 Å². The number of allylic oxidation sites excluding steroid dienone is 2. The van der Waals surface area contributed by atoms with Crippen LogP contribution in [0.5, 0.6) is 5.75 Å². The predicted molar refractivity (Wildman–Crippen MR) is 137 cm³/mol. The normalized spacial score (nSPS) is 31.3. The fraction of sp³-hybridized carbons (Fsp3) is 0.645. The van der Waals surface area contributed by atoms with E-state index in [1.54, 1.807) is 18.2 Å². The maximum absolute atomic E-state index is 14.4. The number of carbonyl (C=O) groups is 1. The fourth-order valence-corrected chi connectivity index (χ4v) is 7.27. The Hall–Kier alpha value is -1.90. The molecule has 0 radical (unpaired) electrons. The third-order valence-corrected chi connectivity index (χ3v) is 9.19. The van der Waals surface area contributed by atoms with E-state index in [9.17, 15) is 9.18 Å². The summed E-state index contributed by atoms with van der Waals surface area (Å²) in [5, 5.41) is 0. The van der Waals surface area contributed by atoms with Crippen LogP contribution < -0.4 is 4.74 Å². The van der Waals surface area contributed by atoms with Crippen molar-refractivity contribution in [2.75, 3.05) is 0 Å². The van der Waals surface area contributed by atoms with E-state index in [1.807, 2.05) is 0 Å². The molecule has 0 spiro atoms. The first-order valence-corrected chi connectivity index (χ1v) is 13.8. The molecule has 34 heavy (non-hydrogen) atoms. The van der Waals surface area contributed by atoms with Crippen molar-refractivity contribution in [2.45, 2.75) is 89.9 Å². The molecule has 4 rings (SSSR count). The number of hydrogen-bond donors (Lipinski definition) is 0. The highest BCUT2D eigenvalue weighted by Crippen LogP contribution is 2.50. The zero-order chi connectivity index (χ0) is 23.9. The summed E-state index contributed by atoms with van der Waals surface area (Å²) < 4.78 is 20.1. The molecule has 3 aliphatic rings. The van der Waals surface area contributed by atoms with Gasteiger partial charge in [-0.15, -0.1) is 13.2 Å². The standard InChI is InChI=1S/C31H43FO2/c1-3-5-8-22-12-14-23(15-13-22)25-17-19-28-26(20-25)10-7-11-29(28)31(33)34-27-18-16-24(9-6-4-2)30(32)21-27/h3-4,16,18,21-23,25-26,28-29H,1-2,5-15,17,19-20H2. The number of esters is 1. The first-order chi connectivity index (χ1) is 16.6. The van der Waals surface area contributed by atoms with Gasteiger partial charge in [0.25, 0.3) is 0 Å². The Labute approximate surface area is 206 Å². The molecule has 0 saturated heterocycles. The van der Waals surface area contributed by atoms with Gasteiger partial charge in [-0.2, -0.15) is 0 Å². The number of rotatable bonds is 9. The monoisotopic (exact) mass is 466 g/mol. The predicted octanol–water partition coefficient (Wildman–Crippen LogP) is 8.45. The summed E-state index contributed by atoms with van der Waals surface area (Å²) in [5.41, 5.74) is 0.644. The number of carbonyl (C=O) groups excluding carboxylic acids is 1. The Morgan fingerprint density at radius 2 is 1.71 bits per heavy atom. The maximum atomic E-state index is 14.4. The average molecular weight is 467 g/mol. The minimum absolute atomic E-state index is 0.0298. The van der Waals surface area contributed by atoms with Crippen LogP contribution in [0, 0.1) is 41.3 Å². The minimum atomic E-state index is -0.298. The Kier molecular flexibility index (Phi) is 9.03. The molecular formula is C31H43FO2. The van der Waals surface area contributed by atoms with Crippen molar-refractivity contribution in [3.05, 3.63) is 54.9 Å². The summed E-state index contributed by atoms with van der Waals surface area (Å²) in [7, 11) is 0. The van der Waals surface area contributed by atoms with Crippen LogP contribution in [-0.4, -0.2) is 5.97 Å². The van der Waals surface area contributed by atoms with Crippen molar-refractivity contribution < 1.29 is 13.9 Å². The molecule has 2 nitrogen and oxygen atoms in total. The van der Waals surface area contributed by atoms with Crippen LogP contribution >= 0.6 is 0 Å². The van der Waals surface area contributed by atoms with Gasteiger partial charge in [0, 0.05) is 6.07 Å². The molecule has 4 atom stereocenters. The summed E-state index contributed by atoms with van der Waals surface area (Å²) in [6, 6.07) is 4.85. The smallest absolute Gasteiger partial charge is 0.314 e. The lowest BCUT2D eigenvalue weighted by molar-refractivity contribution is -0.144. The Morgan fingerprint density at radius 1 is 0.941 bits per heavy atom. The molecule has 1 aromatic carbocycles. The highest BCUT2D eigenvalue weighted by molar-refractivity contribution is 5.75. The van der Waals surface area contributed by atoms with Gasteiger partial charge < -0.3 is 4.74 Å². The molecule has 3 saturated carbocycles. The van der Waals surface area contributed by atoms with E-state index in [-0.39, 0.29) is 17.7 Å². The van der Waals surface area contributed by atoms with Gasteiger partial charge in [0.1, 0.15) is 11.6 Å². The van der Waals surface area contributed by atoms with E-state index in [4.69, 9.17) is 4.74 Å². The van der Waals surface area contributed by atoms with Crippen LogP contribution in [0.4, 0.5) is 4.39 Å². The lowest BCUT2D eigenvalue weighted by Gasteiger charge is -2.46. The Morgan fingerprint density at radius 3 is 2.44 bits per heavy atom. The lowest BCUT2D eigenvalue weighted by Crippen LogP contribution is -2.40. The second-order valence-electron chi connectivity index (χ2n) is 11.2. The first-order valence-electron chi connectivity index (χ1n) is 13.8. The van der Waals surface area contributed by atoms with Crippen molar-refractivity contribution in [2.24, 2.45) is 35.5 Å². The maximum Gasteiger partial charge on any atom is 0.314 e. The quantitative estimate of drug-likeness (QED) is 0.207. The first kappa shape index (κ1) is 25.2. The lowest BCUT2D eigenvalue weighted by atomic mass is 9.59. The number of halogens is 1. The molecule has 0 aliphatic heterocycles. The zero-order valence-electron chi connectivity index (χ0n) is 20.9. The van der Waals surface area contributed by atoms with E-state index < -0.39 is 0 Å². The zero-order valence-corrected chi connectivity index (χ0v) is 20.9. The molecule has 3 fully saturated rings. The number of benzene rings is 1. The molecule has 3 heteroatoms. The van der Waals surface area contributed by atoms with Gasteiger partial charge in [-0.25, -0.2) is 4.39 Å². The summed E-state index contributed by atoms with van der Waals surface area (Å²) >= 11 is 0. The van der Waals surface area contributed by atoms with Gasteiger partial charge in [-0.1, -0.05) is 43.9 Å². The van der Waals surface area contributed by atoms with Gasteiger partial charge >= 0.3 is 5.97 Å². The Balaban J connectivity index is 1.30. The SMILES string of the molecule is C=CCCc1ccc(OC(=O)C2CCCC3CC(C4CCC(CCC=C)CC4)CCC32)cc1F. The van der Waals surface area contributed by atoms with E-state index in [0.29, 0.717) is 29.6 Å². The third-order valence-electron chi connectivity index (χ3n) is 9.19. The number of aryl methyl sites for hydroxylation is 1. The third kappa shape index (κ3) is 6.20. The van der Waals surface area contributed by atoms with Crippen LogP contribution in [0.2, 0.25) is 0 Å². The average Bonchev–Trinajstić information content (AvgIpc) is 2.86. The van der Waals surface area contributed by atoms with Crippen LogP contribution in [0.15, 0.2) is 43.5 Å². The summed E-state index contributed by atoms with van der Waals surface area (Å²) in [5.74, 6) is 3.60. The Bertz CT molecular complexity index is 838. The van der Waals surface area contributed by atoms with E-state index >= 15 is 0 Å². The van der Waals surface area contributed by atoms with Gasteiger partial charge in [0.2, 0.25) is 0 Å². The van der Waals surface area contributed by atoms with Crippen molar-refractivity contribution in [3.63, 3.8) is 0 Å². The molecule has 0 N–H and O–H groups in total. The summed E-state index contributed by atoms with van der Waals surface area (Å²) in [4.78, 5) is 13.1. The fourth-order valence-electron chi connectivity index (χ4n) is 7.27. The van der Waals surface area contributed by atoms with Crippen molar-refractivity contribution in [1.29, 1.82) is 0 Å². The molecule has 0 amide bonds. The van der Waals surface area contributed by atoms with Crippen molar-refractivity contribution in [1.82, 2.24) is 0 Å².